The van der Waals surface area contributed by atoms with E-state index in [4.69, 9.17) is 0 Å². The highest BCUT2D eigenvalue weighted by Crippen LogP contribution is 2.20. The summed E-state index contributed by atoms with van der Waals surface area (Å²) in [5.74, 6) is 0.0202. The highest BCUT2D eigenvalue weighted by Gasteiger charge is 2.07. The molecule has 0 aliphatic rings. The maximum Gasteiger partial charge on any atom is 0.229 e. The summed E-state index contributed by atoms with van der Waals surface area (Å²) in [6, 6.07) is 22.5. The lowest BCUT2D eigenvalue weighted by molar-refractivity contribution is -0.115. The number of amides is 1. The molecular weight excluding hydrogens is 328 g/mol. The number of nitrogens with zero attached hydrogens (tertiary/aromatic N) is 1. The van der Waals surface area contributed by atoms with E-state index in [0.29, 0.717) is 6.42 Å². The molecule has 3 aromatic rings. The molecule has 0 saturated heterocycles. The minimum Gasteiger partial charge on any atom is -0.367 e. The molecule has 128 valence electrons. The van der Waals surface area contributed by atoms with Crippen molar-refractivity contribution in [1.29, 1.82) is 0 Å². The van der Waals surface area contributed by atoms with Crippen LogP contribution in [0.15, 0.2) is 72.1 Å². The maximum atomic E-state index is 12.1. The number of anilines is 2. The summed E-state index contributed by atoms with van der Waals surface area (Å²) >= 11 is 1.60. The highest BCUT2D eigenvalue weighted by atomic mass is 32.1. The Labute approximate surface area is 152 Å². The van der Waals surface area contributed by atoms with Crippen LogP contribution in [-0.2, 0) is 17.8 Å². The lowest BCUT2D eigenvalue weighted by Gasteiger charge is -2.23. The van der Waals surface area contributed by atoms with Gasteiger partial charge in [-0.05, 0) is 48.2 Å². The first-order chi connectivity index (χ1) is 12.2. The number of hydrogen-bond donors (Lipinski definition) is 1. The van der Waals surface area contributed by atoms with Gasteiger partial charge in [0.05, 0.1) is 6.42 Å². The van der Waals surface area contributed by atoms with Gasteiger partial charge in [0.2, 0.25) is 5.91 Å². The molecule has 1 heterocycles. The molecule has 0 radical (unpaired) electrons. The zero-order valence-corrected chi connectivity index (χ0v) is 15.1. The Kier molecular flexibility index (Phi) is 5.86. The molecule has 0 fully saturated rings. The van der Waals surface area contributed by atoms with Crippen LogP contribution >= 0.6 is 11.3 Å². The van der Waals surface area contributed by atoms with Crippen LogP contribution in [0.1, 0.15) is 17.4 Å². The van der Waals surface area contributed by atoms with Crippen LogP contribution in [0.5, 0.6) is 0 Å². The summed E-state index contributed by atoms with van der Waals surface area (Å²) in [5, 5.41) is 4.95. The fourth-order valence-corrected chi connectivity index (χ4v) is 3.43. The van der Waals surface area contributed by atoms with E-state index in [0.717, 1.165) is 29.3 Å². The molecule has 4 heteroatoms. The van der Waals surface area contributed by atoms with Gasteiger partial charge in [-0.25, -0.2) is 0 Å². The van der Waals surface area contributed by atoms with Crippen LogP contribution in [-0.4, -0.2) is 12.5 Å². The number of thiophene rings is 1. The van der Waals surface area contributed by atoms with Crippen molar-refractivity contribution >= 4 is 28.6 Å². The lowest BCUT2D eigenvalue weighted by atomic mass is 10.2. The van der Waals surface area contributed by atoms with Gasteiger partial charge in [0.15, 0.2) is 0 Å². The summed E-state index contributed by atoms with van der Waals surface area (Å²) in [5.41, 5.74) is 3.28. The topological polar surface area (TPSA) is 32.3 Å². The fourth-order valence-electron chi connectivity index (χ4n) is 2.72. The summed E-state index contributed by atoms with van der Waals surface area (Å²) in [4.78, 5) is 15.5. The smallest absolute Gasteiger partial charge is 0.229 e. The summed E-state index contributed by atoms with van der Waals surface area (Å²) in [6.45, 7) is 3.96. The average molecular weight is 350 g/mol. The zero-order valence-electron chi connectivity index (χ0n) is 14.3. The summed E-state index contributed by atoms with van der Waals surface area (Å²) < 4.78 is 0. The van der Waals surface area contributed by atoms with Gasteiger partial charge in [-0.1, -0.05) is 36.4 Å². The molecule has 0 bridgehead atoms. The van der Waals surface area contributed by atoms with Crippen LogP contribution < -0.4 is 10.2 Å². The number of hydrogen-bond acceptors (Lipinski definition) is 3. The van der Waals surface area contributed by atoms with Crippen molar-refractivity contribution in [3.63, 3.8) is 0 Å². The van der Waals surface area contributed by atoms with Gasteiger partial charge in [-0.15, -0.1) is 11.3 Å². The monoisotopic (exact) mass is 350 g/mol. The molecule has 1 N–H and O–H groups in total. The maximum absolute atomic E-state index is 12.1. The summed E-state index contributed by atoms with van der Waals surface area (Å²) in [6.07, 6.45) is 0.425. The van der Waals surface area contributed by atoms with E-state index in [1.807, 2.05) is 35.7 Å². The van der Waals surface area contributed by atoms with Gasteiger partial charge in [-0.2, -0.15) is 0 Å². The third-order valence-corrected chi connectivity index (χ3v) is 4.91. The molecule has 0 spiro atoms. The van der Waals surface area contributed by atoms with Gasteiger partial charge >= 0.3 is 0 Å². The molecule has 0 aliphatic heterocycles. The first kappa shape index (κ1) is 17.2. The molecule has 2 aromatic carbocycles. The van der Waals surface area contributed by atoms with Crippen molar-refractivity contribution < 1.29 is 4.79 Å². The van der Waals surface area contributed by atoms with Gasteiger partial charge in [0.1, 0.15) is 0 Å². The minimum absolute atomic E-state index is 0.0202. The second-order valence-corrected chi connectivity index (χ2v) is 6.88. The number of rotatable bonds is 7. The second kappa shape index (κ2) is 8.49. The number of carbonyl (C=O) groups is 1. The molecule has 1 aromatic heterocycles. The predicted octanol–water partition coefficient (Wildman–Crippen LogP) is 4.96. The molecule has 0 atom stereocenters. The van der Waals surface area contributed by atoms with Gasteiger partial charge in [0, 0.05) is 29.3 Å². The predicted molar refractivity (Wildman–Crippen MR) is 106 cm³/mol. The quantitative estimate of drug-likeness (QED) is 0.653. The van der Waals surface area contributed by atoms with Crippen molar-refractivity contribution in [2.75, 3.05) is 16.8 Å². The Hall–Kier alpha value is -2.59. The minimum atomic E-state index is 0.0202. The molecular formula is C21H22N2OS. The van der Waals surface area contributed by atoms with Crippen LogP contribution in [0.4, 0.5) is 11.4 Å². The number of benzene rings is 2. The van der Waals surface area contributed by atoms with Crippen molar-refractivity contribution in [1.82, 2.24) is 0 Å². The molecule has 3 nitrogen and oxygen atoms in total. The average Bonchev–Trinajstić information content (AvgIpc) is 3.14. The van der Waals surface area contributed by atoms with Crippen molar-refractivity contribution in [2.24, 2.45) is 0 Å². The Morgan fingerprint density at radius 1 is 1.00 bits per heavy atom. The second-order valence-electron chi connectivity index (χ2n) is 5.85. The third kappa shape index (κ3) is 4.94. The lowest BCUT2D eigenvalue weighted by Crippen LogP contribution is -2.22. The summed E-state index contributed by atoms with van der Waals surface area (Å²) in [7, 11) is 0. The standard InChI is InChI=1S/C21H22N2OS/c1-2-23(16-17-7-4-3-5-8-17)19-12-10-18(11-13-19)22-21(24)15-20-9-6-14-25-20/h3-14H,2,15-16H2,1H3,(H,22,24). The molecule has 1 amide bonds. The largest absolute Gasteiger partial charge is 0.367 e. The van der Waals surface area contributed by atoms with E-state index in [1.165, 1.54) is 5.56 Å². The van der Waals surface area contributed by atoms with Crippen molar-refractivity contribution in [3.05, 3.63) is 82.6 Å². The van der Waals surface area contributed by atoms with Crippen LogP contribution in [0.25, 0.3) is 0 Å². The number of carbonyl (C=O) groups excluding carboxylic acids is 1. The molecule has 0 aliphatic carbocycles. The van der Waals surface area contributed by atoms with Crippen LogP contribution in [0.3, 0.4) is 0 Å². The van der Waals surface area contributed by atoms with E-state index in [1.54, 1.807) is 11.3 Å². The van der Waals surface area contributed by atoms with Gasteiger partial charge in [0.25, 0.3) is 0 Å². The first-order valence-electron chi connectivity index (χ1n) is 8.46. The Bertz CT molecular complexity index is 783. The Balaban J connectivity index is 1.61. The van der Waals surface area contributed by atoms with Gasteiger partial charge < -0.3 is 10.2 Å². The van der Waals surface area contributed by atoms with E-state index in [-0.39, 0.29) is 5.91 Å². The normalized spacial score (nSPS) is 10.4. The van der Waals surface area contributed by atoms with E-state index in [2.05, 4.69) is 53.5 Å². The molecule has 0 unspecified atom stereocenters. The van der Waals surface area contributed by atoms with E-state index in [9.17, 15) is 4.79 Å². The molecule has 3 rings (SSSR count). The fraction of sp³-hybridized carbons (Fsp3) is 0.190. The van der Waals surface area contributed by atoms with Gasteiger partial charge in [-0.3, -0.25) is 4.79 Å². The zero-order chi connectivity index (χ0) is 17.5. The highest BCUT2D eigenvalue weighted by molar-refractivity contribution is 7.10. The first-order valence-corrected chi connectivity index (χ1v) is 9.33. The third-order valence-electron chi connectivity index (χ3n) is 4.03. The number of nitrogens with one attached hydrogen (secondary N) is 1. The van der Waals surface area contributed by atoms with Crippen molar-refractivity contribution in [2.45, 2.75) is 19.9 Å². The molecule has 0 saturated carbocycles. The Morgan fingerprint density at radius 3 is 2.40 bits per heavy atom. The van der Waals surface area contributed by atoms with Crippen LogP contribution in [0.2, 0.25) is 0 Å². The van der Waals surface area contributed by atoms with Crippen LogP contribution in [0, 0.1) is 0 Å². The van der Waals surface area contributed by atoms with E-state index < -0.39 is 0 Å². The molecule has 25 heavy (non-hydrogen) atoms. The SMILES string of the molecule is CCN(Cc1ccccc1)c1ccc(NC(=O)Cc2cccs2)cc1. The Morgan fingerprint density at radius 2 is 1.76 bits per heavy atom. The van der Waals surface area contributed by atoms with Crippen molar-refractivity contribution in [3.8, 4) is 0 Å². The van der Waals surface area contributed by atoms with E-state index >= 15 is 0 Å².